The lowest BCUT2D eigenvalue weighted by atomic mass is 10.1. The van der Waals surface area contributed by atoms with Crippen LogP contribution in [0, 0.1) is 0 Å². The van der Waals surface area contributed by atoms with Gasteiger partial charge in [-0.1, -0.05) is 6.07 Å². The van der Waals surface area contributed by atoms with Crippen molar-refractivity contribution < 1.29 is 19.1 Å². The van der Waals surface area contributed by atoms with Gasteiger partial charge in [-0.2, -0.15) is 5.10 Å². The first-order valence-corrected chi connectivity index (χ1v) is 8.25. The van der Waals surface area contributed by atoms with Gasteiger partial charge >= 0.3 is 6.09 Å². The van der Waals surface area contributed by atoms with Gasteiger partial charge in [0.2, 0.25) is 0 Å². The molecule has 0 saturated heterocycles. The summed E-state index contributed by atoms with van der Waals surface area (Å²) in [4.78, 5) is 27.4. The maximum absolute atomic E-state index is 11.8. The molecule has 12 heteroatoms. The van der Waals surface area contributed by atoms with E-state index >= 15 is 0 Å². The van der Waals surface area contributed by atoms with Gasteiger partial charge in [0.1, 0.15) is 6.33 Å². The fourth-order valence-electron chi connectivity index (χ4n) is 2.52. The van der Waals surface area contributed by atoms with Crippen LogP contribution < -0.4 is 21.1 Å². The van der Waals surface area contributed by atoms with Crippen LogP contribution in [0.15, 0.2) is 30.6 Å². The highest BCUT2D eigenvalue weighted by Gasteiger charge is 2.18. The topological polar surface area (TPSA) is 159 Å². The Kier molecular flexibility index (Phi) is 5.53. The molecule has 12 nitrogen and oxygen atoms in total. The number of nitrogens with one attached hydrogen (secondary N) is 2. The van der Waals surface area contributed by atoms with Crippen molar-refractivity contribution in [3.05, 3.63) is 36.3 Å². The second kappa shape index (κ2) is 8.21. The Labute approximate surface area is 165 Å². The molecule has 29 heavy (non-hydrogen) atoms. The Bertz CT molecular complexity index is 1070. The van der Waals surface area contributed by atoms with Crippen LogP contribution in [-0.2, 0) is 11.8 Å². The number of para-hydroxylation sites is 1. The third-order valence-electron chi connectivity index (χ3n) is 3.77. The van der Waals surface area contributed by atoms with E-state index in [-0.39, 0.29) is 17.2 Å². The van der Waals surface area contributed by atoms with E-state index in [2.05, 4.69) is 35.7 Å². The molecule has 2 heterocycles. The molecule has 0 radical (unpaired) electrons. The van der Waals surface area contributed by atoms with Gasteiger partial charge in [0, 0.05) is 13.1 Å². The number of aryl methyl sites for hydroxylation is 1. The van der Waals surface area contributed by atoms with Crippen LogP contribution in [0.5, 0.6) is 5.75 Å². The number of primary amides is 1. The number of benzene rings is 1. The minimum atomic E-state index is -0.800. The monoisotopic (exact) mass is 398 g/mol. The summed E-state index contributed by atoms with van der Waals surface area (Å²) in [5.74, 6) is 0.162. The number of hydrogen-bond acceptors (Lipinski definition) is 9. The molecule has 0 spiro atoms. The molecule has 0 aliphatic carbocycles. The van der Waals surface area contributed by atoms with E-state index in [0.717, 1.165) is 0 Å². The van der Waals surface area contributed by atoms with E-state index in [4.69, 9.17) is 10.5 Å². The van der Waals surface area contributed by atoms with Crippen LogP contribution in [0.2, 0.25) is 0 Å². The average molecular weight is 398 g/mol. The first kappa shape index (κ1) is 19.5. The van der Waals surface area contributed by atoms with E-state index in [1.807, 2.05) is 0 Å². The zero-order valence-electron chi connectivity index (χ0n) is 15.8. The molecule has 0 fully saturated rings. The normalized spacial score (nSPS) is 10.3. The molecule has 2 amide bonds. The second-order valence-corrected chi connectivity index (χ2v) is 5.73. The molecule has 3 aromatic rings. The Morgan fingerprint density at radius 1 is 1.17 bits per heavy atom. The number of nitrogens with two attached hydrogens (primary N) is 1. The minimum absolute atomic E-state index is 0.0610. The van der Waals surface area contributed by atoms with E-state index in [0.29, 0.717) is 22.8 Å². The van der Waals surface area contributed by atoms with Crippen molar-refractivity contribution in [1.82, 2.24) is 25.0 Å². The summed E-state index contributed by atoms with van der Waals surface area (Å²) in [5.41, 5.74) is 6.61. The summed E-state index contributed by atoms with van der Waals surface area (Å²) in [7, 11) is 4.46. The van der Waals surface area contributed by atoms with Gasteiger partial charge in [-0.05, 0) is 12.1 Å². The van der Waals surface area contributed by atoms with Crippen molar-refractivity contribution in [3.63, 3.8) is 0 Å². The number of hydrogen-bond donors (Lipinski definition) is 3. The number of rotatable bonds is 6. The number of carbonyl (C=O) groups is 2. The van der Waals surface area contributed by atoms with Crippen LogP contribution in [0.3, 0.4) is 0 Å². The molecule has 3 rings (SSSR count). The minimum Gasteiger partial charge on any atom is -0.494 e. The van der Waals surface area contributed by atoms with Gasteiger partial charge in [0.15, 0.2) is 23.1 Å². The zero-order chi connectivity index (χ0) is 21.0. The molecule has 4 N–H and O–H groups in total. The van der Waals surface area contributed by atoms with Crippen LogP contribution in [-0.4, -0.2) is 51.2 Å². The summed E-state index contributed by atoms with van der Waals surface area (Å²) in [6.45, 7) is 0. The molecule has 0 aliphatic rings. The standard InChI is InChI=1S/C17H18N8O4/c1-25-8-19-16(24-25)9-5-4-6-10(14(9)28-2)20-11-7-12(21-17(27)29-3)22-23-13(11)15(18)26/h4-8H,1-3H3,(H2,18,26)(H2,20,21,22,27). The summed E-state index contributed by atoms with van der Waals surface area (Å²) < 4.78 is 11.6. The number of carbonyl (C=O) groups excluding carboxylic acids is 2. The predicted molar refractivity (Wildman–Crippen MR) is 103 cm³/mol. The zero-order valence-corrected chi connectivity index (χ0v) is 15.8. The van der Waals surface area contributed by atoms with Gasteiger partial charge in [0.25, 0.3) is 5.91 Å². The SMILES string of the molecule is COC(=O)Nc1cc(Nc2cccc(-c3ncn(C)n3)c2OC)c(C(N)=O)nn1. The van der Waals surface area contributed by atoms with Crippen molar-refractivity contribution in [2.24, 2.45) is 12.8 Å². The van der Waals surface area contributed by atoms with Crippen LogP contribution in [0.4, 0.5) is 22.0 Å². The highest BCUT2D eigenvalue weighted by atomic mass is 16.5. The van der Waals surface area contributed by atoms with Crippen LogP contribution in [0.25, 0.3) is 11.4 Å². The van der Waals surface area contributed by atoms with E-state index in [9.17, 15) is 9.59 Å². The van der Waals surface area contributed by atoms with Gasteiger partial charge in [-0.3, -0.25) is 14.8 Å². The number of amides is 2. The predicted octanol–water partition coefficient (Wildman–Crippen LogP) is 1.30. The number of methoxy groups -OCH3 is 2. The van der Waals surface area contributed by atoms with Gasteiger partial charge in [0.05, 0.1) is 31.2 Å². The van der Waals surface area contributed by atoms with Crippen molar-refractivity contribution in [2.75, 3.05) is 24.9 Å². The second-order valence-electron chi connectivity index (χ2n) is 5.73. The molecule has 0 saturated carbocycles. The third kappa shape index (κ3) is 4.21. The molecule has 0 bridgehead atoms. The first-order valence-electron chi connectivity index (χ1n) is 8.25. The summed E-state index contributed by atoms with van der Waals surface area (Å²) >= 11 is 0. The van der Waals surface area contributed by atoms with E-state index in [1.54, 1.807) is 36.3 Å². The Morgan fingerprint density at radius 3 is 2.59 bits per heavy atom. The average Bonchev–Trinajstić information content (AvgIpc) is 3.13. The van der Waals surface area contributed by atoms with Crippen molar-refractivity contribution in [2.45, 2.75) is 0 Å². The maximum Gasteiger partial charge on any atom is 0.412 e. The first-order chi connectivity index (χ1) is 13.9. The number of nitrogens with zero attached hydrogens (tertiary/aromatic N) is 5. The summed E-state index contributed by atoms with van der Waals surface area (Å²) in [6.07, 6.45) is 0.829. The van der Waals surface area contributed by atoms with E-state index < -0.39 is 12.0 Å². The van der Waals surface area contributed by atoms with Crippen molar-refractivity contribution >= 4 is 29.2 Å². The fourth-order valence-corrected chi connectivity index (χ4v) is 2.52. The molecular formula is C17H18N8O4. The third-order valence-corrected chi connectivity index (χ3v) is 3.77. The van der Waals surface area contributed by atoms with Gasteiger partial charge in [-0.15, -0.1) is 10.2 Å². The molecule has 0 atom stereocenters. The Balaban J connectivity index is 2.03. The largest absolute Gasteiger partial charge is 0.494 e. The molecule has 0 unspecified atom stereocenters. The molecule has 1 aromatic carbocycles. The van der Waals surface area contributed by atoms with Gasteiger partial charge in [-0.25, -0.2) is 9.78 Å². The van der Waals surface area contributed by atoms with Crippen molar-refractivity contribution in [3.8, 4) is 17.1 Å². The maximum atomic E-state index is 11.8. The van der Waals surface area contributed by atoms with E-state index in [1.165, 1.54) is 20.3 Å². The number of ether oxygens (including phenoxy) is 2. The lowest BCUT2D eigenvalue weighted by Crippen LogP contribution is -2.18. The Morgan fingerprint density at radius 2 is 1.97 bits per heavy atom. The van der Waals surface area contributed by atoms with Gasteiger partial charge < -0.3 is 20.5 Å². The smallest absolute Gasteiger partial charge is 0.412 e. The highest BCUT2D eigenvalue weighted by molar-refractivity contribution is 5.98. The quantitative estimate of drug-likeness (QED) is 0.556. The lowest BCUT2D eigenvalue weighted by Gasteiger charge is -2.15. The summed E-state index contributed by atoms with van der Waals surface area (Å²) in [5, 5.41) is 17.2. The summed E-state index contributed by atoms with van der Waals surface area (Å²) in [6, 6.07) is 6.69. The van der Waals surface area contributed by atoms with Crippen molar-refractivity contribution in [1.29, 1.82) is 0 Å². The highest BCUT2D eigenvalue weighted by Crippen LogP contribution is 2.37. The number of aromatic nitrogens is 5. The fraction of sp³-hybridized carbons (Fsp3) is 0.176. The molecule has 2 aromatic heterocycles. The lowest BCUT2D eigenvalue weighted by molar-refractivity contribution is 0.0995. The van der Waals surface area contributed by atoms with Crippen LogP contribution in [0.1, 0.15) is 10.5 Å². The molecule has 150 valence electrons. The Hall–Kier alpha value is -4.22. The molecular weight excluding hydrogens is 380 g/mol. The number of anilines is 3. The van der Waals surface area contributed by atoms with Crippen LogP contribution >= 0.6 is 0 Å². The molecule has 0 aliphatic heterocycles.